The number of benzene rings is 1. The first-order valence-electron chi connectivity index (χ1n) is 6.30. The van der Waals surface area contributed by atoms with Gasteiger partial charge in [0.15, 0.2) is 0 Å². The number of carbonyl (C=O) groups is 1. The zero-order valence-corrected chi connectivity index (χ0v) is 12.0. The van der Waals surface area contributed by atoms with E-state index in [0.717, 1.165) is 29.3 Å². The second-order valence-corrected chi connectivity index (χ2v) is 5.77. The third kappa shape index (κ3) is 2.59. The molecule has 1 unspecified atom stereocenters. The van der Waals surface area contributed by atoms with Crippen LogP contribution in [0.5, 0.6) is 0 Å². The smallest absolute Gasteiger partial charge is 0.230 e. The van der Waals surface area contributed by atoms with Gasteiger partial charge in [0.25, 0.3) is 0 Å². The maximum absolute atomic E-state index is 12.3. The molecular weight excluding hydrogens is 294 g/mol. The third-order valence-electron chi connectivity index (χ3n) is 3.63. The molecule has 2 N–H and O–H groups in total. The molecule has 0 bridgehead atoms. The van der Waals surface area contributed by atoms with Crippen LogP contribution in [-0.2, 0) is 10.2 Å². The standard InChI is InChI=1S/C14H18BrNO2/c1-2-12(9-17)16-13(18)14(7-8-14)10-3-5-11(15)6-4-10/h3-6,12,17H,2,7-9H2,1H3,(H,16,18). The Morgan fingerprint density at radius 2 is 2.06 bits per heavy atom. The minimum atomic E-state index is -0.358. The van der Waals surface area contributed by atoms with Crippen molar-refractivity contribution in [1.29, 1.82) is 0 Å². The maximum atomic E-state index is 12.3. The fraction of sp³-hybridized carbons (Fsp3) is 0.500. The van der Waals surface area contributed by atoms with Crippen molar-refractivity contribution >= 4 is 21.8 Å². The average Bonchev–Trinajstić information content (AvgIpc) is 3.18. The van der Waals surface area contributed by atoms with Crippen molar-refractivity contribution in [3.05, 3.63) is 34.3 Å². The quantitative estimate of drug-likeness (QED) is 0.877. The molecule has 2 rings (SSSR count). The maximum Gasteiger partial charge on any atom is 0.230 e. The zero-order valence-electron chi connectivity index (χ0n) is 10.4. The first-order chi connectivity index (χ1) is 8.62. The normalized spacial score (nSPS) is 18.2. The largest absolute Gasteiger partial charge is 0.394 e. The molecule has 0 radical (unpaired) electrons. The number of rotatable bonds is 5. The molecule has 1 amide bonds. The molecule has 1 saturated carbocycles. The second kappa shape index (κ2) is 5.41. The molecule has 4 heteroatoms. The summed E-state index contributed by atoms with van der Waals surface area (Å²) < 4.78 is 1.02. The lowest BCUT2D eigenvalue weighted by Gasteiger charge is -2.20. The van der Waals surface area contributed by atoms with Crippen LogP contribution in [0.15, 0.2) is 28.7 Å². The monoisotopic (exact) mass is 311 g/mol. The summed E-state index contributed by atoms with van der Waals surface area (Å²) in [5, 5.41) is 12.1. The molecule has 0 aliphatic heterocycles. The van der Waals surface area contributed by atoms with Gasteiger partial charge in [-0.15, -0.1) is 0 Å². The SMILES string of the molecule is CCC(CO)NC(=O)C1(c2ccc(Br)cc2)CC1. The molecule has 0 aromatic heterocycles. The summed E-state index contributed by atoms with van der Waals surface area (Å²) in [7, 11) is 0. The van der Waals surface area contributed by atoms with E-state index < -0.39 is 0 Å². The number of halogens is 1. The van der Waals surface area contributed by atoms with E-state index in [4.69, 9.17) is 5.11 Å². The van der Waals surface area contributed by atoms with Crippen molar-refractivity contribution in [2.45, 2.75) is 37.6 Å². The molecule has 3 nitrogen and oxygen atoms in total. The van der Waals surface area contributed by atoms with E-state index in [-0.39, 0.29) is 24.0 Å². The molecule has 0 heterocycles. The zero-order chi connectivity index (χ0) is 13.2. The van der Waals surface area contributed by atoms with Crippen molar-refractivity contribution in [2.24, 2.45) is 0 Å². The summed E-state index contributed by atoms with van der Waals surface area (Å²) in [6.07, 6.45) is 2.53. The van der Waals surface area contributed by atoms with Gasteiger partial charge in [0.1, 0.15) is 0 Å². The summed E-state index contributed by atoms with van der Waals surface area (Å²) in [6, 6.07) is 7.79. The molecule has 1 aliphatic carbocycles. The van der Waals surface area contributed by atoms with Crippen LogP contribution in [0.1, 0.15) is 31.7 Å². The van der Waals surface area contributed by atoms with Gasteiger partial charge in [0.2, 0.25) is 5.91 Å². The Bertz CT molecular complexity index is 422. The Hall–Kier alpha value is -0.870. The first kappa shape index (κ1) is 13.6. The second-order valence-electron chi connectivity index (χ2n) is 4.85. The number of aliphatic hydroxyl groups excluding tert-OH is 1. The summed E-state index contributed by atoms with van der Waals surface area (Å²) >= 11 is 3.40. The highest BCUT2D eigenvalue weighted by Crippen LogP contribution is 2.48. The molecule has 1 atom stereocenters. The predicted octanol–water partition coefficient (Wildman–Crippen LogP) is 2.37. The molecule has 18 heavy (non-hydrogen) atoms. The molecule has 1 aromatic rings. The van der Waals surface area contributed by atoms with Crippen molar-refractivity contribution in [3.8, 4) is 0 Å². The van der Waals surface area contributed by atoms with Crippen LogP contribution >= 0.6 is 15.9 Å². The lowest BCUT2D eigenvalue weighted by atomic mass is 9.94. The lowest BCUT2D eigenvalue weighted by molar-refractivity contribution is -0.124. The number of carbonyl (C=O) groups excluding carboxylic acids is 1. The van der Waals surface area contributed by atoms with Crippen LogP contribution in [0.4, 0.5) is 0 Å². The summed E-state index contributed by atoms with van der Waals surface area (Å²) in [5.74, 6) is 0.0470. The predicted molar refractivity (Wildman–Crippen MR) is 74.4 cm³/mol. The topological polar surface area (TPSA) is 49.3 Å². The van der Waals surface area contributed by atoms with Crippen molar-refractivity contribution in [2.75, 3.05) is 6.61 Å². The molecule has 0 spiro atoms. The highest BCUT2D eigenvalue weighted by Gasteiger charge is 2.51. The summed E-state index contributed by atoms with van der Waals surface area (Å²) in [6.45, 7) is 1.96. The van der Waals surface area contributed by atoms with Gasteiger partial charge in [0.05, 0.1) is 18.1 Å². The number of aliphatic hydroxyl groups is 1. The Morgan fingerprint density at radius 3 is 2.50 bits per heavy atom. The van der Waals surface area contributed by atoms with Crippen LogP contribution in [0, 0.1) is 0 Å². The van der Waals surface area contributed by atoms with Crippen molar-refractivity contribution in [1.82, 2.24) is 5.32 Å². The van der Waals surface area contributed by atoms with Gasteiger partial charge in [-0.3, -0.25) is 4.79 Å². The van der Waals surface area contributed by atoms with Gasteiger partial charge in [0, 0.05) is 4.47 Å². The van der Waals surface area contributed by atoms with E-state index >= 15 is 0 Å². The van der Waals surface area contributed by atoms with Crippen LogP contribution in [0.25, 0.3) is 0 Å². The van der Waals surface area contributed by atoms with Gasteiger partial charge in [-0.1, -0.05) is 35.0 Å². The molecule has 98 valence electrons. The minimum Gasteiger partial charge on any atom is -0.394 e. The van der Waals surface area contributed by atoms with Crippen LogP contribution in [0.3, 0.4) is 0 Å². The Balaban J connectivity index is 2.11. The Labute approximate surface area is 116 Å². The summed E-state index contributed by atoms with van der Waals surface area (Å²) in [5.41, 5.74) is 0.708. The van der Waals surface area contributed by atoms with Gasteiger partial charge in [-0.2, -0.15) is 0 Å². The molecule has 1 fully saturated rings. The highest BCUT2D eigenvalue weighted by atomic mass is 79.9. The van der Waals surface area contributed by atoms with E-state index in [1.165, 1.54) is 0 Å². The average molecular weight is 312 g/mol. The van der Waals surface area contributed by atoms with Crippen LogP contribution in [0.2, 0.25) is 0 Å². The summed E-state index contributed by atoms with van der Waals surface area (Å²) in [4.78, 5) is 12.3. The highest BCUT2D eigenvalue weighted by molar-refractivity contribution is 9.10. The number of nitrogens with one attached hydrogen (secondary N) is 1. The van der Waals surface area contributed by atoms with E-state index in [9.17, 15) is 4.79 Å². The number of amides is 1. The third-order valence-corrected chi connectivity index (χ3v) is 4.16. The van der Waals surface area contributed by atoms with Gasteiger partial charge < -0.3 is 10.4 Å². The van der Waals surface area contributed by atoms with Crippen molar-refractivity contribution < 1.29 is 9.90 Å². The number of hydrogen-bond donors (Lipinski definition) is 2. The lowest BCUT2D eigenvalue weighted by Crippen LogP contribution is -2.43. The molecule has 0 saturated heterocycles. The van der Waals surface area contributed by atoms with E-state index in [2.05, 4.69) is 21.2 Å². The van der Waals surface area contributed by atoms with Crippen LogP contribution < -0.4 is 5.32 Å². The van der Waals surface area contributed by atoms with Gasteiger partial charge in [-0.25, -0.2) is 0 Å². The van der Waals surface area contributed by atoms with E-state index in [1.807, 2.05) is 31.2 Å². The fourth-order valence-corrected chi connectivity index (χ4v) is 2.41. The molecular formula is C14H18BrNO2. The van der Waals surface area contributed by atoms with Crippen molar-refractivity contribution in [3.63, 3.8) is 0 Å². The number of hydrogen-bond acceptors (Lipinski definition) is 2. The Morgan fingerprint density at radius 1 is 1.44 bits per heavy atom. The van der Waals surface area contributed by atoms with E-state index in [0.29, 0.717) is 0 Å². The van der Waals surface area contributed by atoms with Gasteiger partial charge in [-0.05, 0) is 37.0 Å². The minimum absolute atomic E-state index is 0.00133. The van der Waals surface area contributed by atoms with E-state index in [1.54, 1.807) is 0 Å². The van der Waals surface area contributed by atoms with Gasteiger partial charge >= 0.3 is 0 Å². The molecule has 1 aliphatic rings. The first-order valence-corrected chi connectivity index (χ1v) is 7.09. The molecule has 1 aromatic carbocycles. The fourth-order valence-electron chi connectivity index (χ4n) is 2.14. The van der Waals surface area contributed by atoms with Crippen LogP contribution in [-0.4, -0.2) is 23.7 Å². The Kier molecular flexibility index (Phi) is 4.07.